The first-order valence-corrected chi connectivity index (χ1v) is 11.1. The maximum Gasteiger partial charge on any atom is 0.194 e. The van der Waals surface area contributed by atoms with Gasteiger partial charge < -0.3 is 0 Å². The monoisotopic (exact) mass is 434 g/mol. The fourth-order valence-corrected chi connectivity index (χ4v) is 5.59. The zero-order chi connectivity index (χ0) is 22.1. The highest BCUT2D eigenvalue weighted by molar-refractivity contribution is 5.66. The fraction of sp³-hybridized carbons (Fsp3) is 0.462. The van der Waals surface area contributed by atoms with E-state index in [4.69, 9.17) is 0 Å². The second-order valence-corrected chi connectivity index (χ2v) is 9.17. The molecule has 2 aromatic rings. The number of rotatable bonds is 4. The van der Waals surface area contributed by atoms with Gasteiger partial charge in [-0.25, -0.2) is 22.0 Å². The lowest BCUT2D eigenvalue weighted by Gasteiger charge is -2.38. The Morgan fingerprint density at radius 1 is 0.871 bits per heavy atom. The van der Waals surface area contributed by atoms with E-state index < -0.39 is 23.3 Å². The number of hydrogen-bond donors (Lipinski definition) is 0. The van der Waals surface area contributed by atoms with Crippen molar-refractivity contribution >= 4 is 0 Å². The Hall–Kier alpha value is -2.17. The molecule has 0 aliphatic heterocycles. The summed E-state index contributed by atoms with van der Waals surface area (Å²) in [6.07, 6.45) is 8.97. The minimum atomic E-state index is -1.55. The van der Waals surface area contributed by atoms with Crippen LogP contribution in [-0.4, -0.2) is 0 Å². The third-order valence-corrected chi connectivity index (χ3v) is 7.49. The van der Waals surface area contributed by atoms with Crippen molar-refractivity contribution in [1.29, 1.82) is 0 Å². The van der Waals surface area contributed by atoms with Crippen molar-refractivity contribution in [2.24, 2.45) is 23.7 Å². The molecule has 166 valence electrons. The molecule has 2 aliphatic rings. The third-order valence-electron chi connectivity index (χ3n) is 7.49. The summed E-state index contributed by atoms with van der Waals surface area (Å²) in [4.78, 5) is 0. The van der Waals surface area contributed by atoms with Gasteiger partial charge in [-0.15, -0.1) is 0 Å². The second-order valence-electron chi connectivity index (χ2n) is 9.17. The minimum Gasteiger partial charge on any atom is -0.216 e. The normalized spacial score (nSPS) is 24.9. The topological polar surface area (TPSA) is 0 Å². The Morgan fingerprint density at radius 3 is 2.19 bits per heavy atom. The van der Waals surface area contributed by atoms with Gasteiger partial charge in [-0.2, -0.15) is 0 Å². The Balaban J connectivity index is 1.48. The highest BCUT2D eigenvalue weighted by Gasteiger charge is 2.32. The van der Waals surface area contributed by atoms with Crippen molar-refractivity contribution in [3.63, 3.8) is 0 Å². The van der Waals surface area contributed by atoms with Crippen LogP contribution in [0.25, 0.3) is 11.1 Å². The average Bonchev–Trinajstić information content (AvgIpc) is 2.77. The minimum absolute atomic E-state index is 0.00796. The van der Waals surface area contributed by atoms with Crippen LogP contribution < -0.4 is 0 Å². The van der Waals surface area contributed by atoms with Crippen LogP contribution in [0.3, 0.4) is 0 Å². The third kappa shape index (κ3) is 4.42. The van der Waals surface area contributed by atoms with Gasteiger partial charge in [0.1, 0.15) is 5.82 Å². The molecule has 0 N–H and O–H groups in total. The van der Waals surface area contributed by atoms with Crippen molar-refractivity contribution in [3.05, 3.63) is 71.1 Å². The molecule has 0 aromatic heterocycles. The molecule has 1 fully saturated rings. The summed E-state index contributed by atoms with van der Waals surface area (Å²) in [7, 11) is 0. The van der Waals surface area contributed by atoms with E-state index in [1.54, 1.807) is 12.1 Å². The molecular formula is C26H27F5. The molecule has 2 unspecified atom stereocenters. The lowest BCUT2D eigenvalue weighted by molar-refractivity contribution is 0.171. The molecule has 2 atom stereocenters. The maximum atomic E-state index is 15.2. The highest BCUT2D eigenvalue weighted by atomic mass is 19.2. The Labute approximate surface area is 180 Å². The van der Waals surface area contributed by atoms with Crippen molar-refractivity contribution in [3.8, 4) is 11.1 Å². The lowest BCUT2D eigenvalue weighted by atomic mass is 9.68. The summed E-state index contributed by atoms with van der Waals surface area (Å²) < 4.78 is 68.2. The van der Waals surface area contributed by atoms with Crippen LogP contribution in [0.4, 0.5) is 22.0 Å². The second kappa shape index (κ2) is 9.13. The average molecular weight is 434 g/mol. The molecule has 2 aliphatic carbocycles. The largest absolute Gasteiger partial charge is 0.216 e. The Morgan fingerprint density at radius 2 is 1.55 bits per heavy atom. The van der Waals surface area contributed by atoms with E-state index in [0.717, 1.165) is 56.2 Å². The molecule has 0 bridgehead atoms. The maximum absolute atomic E-state index is 15.2. The quantitative estimate of drug-likeness (QED) is 0.338. The summed E-state index contributed by atoms with van der Waals surface area (Å²) >= 11 is 0. The molecule has 0 nitrogen and oxygen atoms in total. The van der Waals surface area contributed by atoms with Gasteiger partial charge in [0.15, 0.2) is 17.5 Å². The van der Waals surface area contributed by atoms with Crippen LogP contribution in [0.2, 0.25) is 0 Å². The summed E-state index contributed by atoms with van der Waals surface area (Å²) in [6.45, 7) is 2.07. The van der Waals surface area contributed by atoms with E-state index in [9.17, 15) is 17.6 Å². The summed E-state index contributed by atoms with van der Waals surface area (Å²) in [5.74, 6) is -2.78. The van der Waals surface area contributed by atoms with Gasteiger partial charge >= 0.3 is 0 Å². The van der Waals surface area contributed by atoms with Crippen LogP contribution >= 0.6 is 0 Å². The van der Waals surface area contributed by atoms with Gasteiger partial charge in [0, 0.05) is 5.56 Å². The van der Waals surface area contributed by atoms with Gasteiger partial charge in [-0.05, 0) is 97.4 Å². The molecule has 0 saturated heterocycles. The van der Waals surface area contributed by atoms with Crippen molar-refractivity contribution < 1.29 is 22.0 Å². The lowest BCUT2D eigenvalue weighted by Crippen LogP contribution is -2.28. The highest BCUT2D eigenvalue weighted by Crippen LogP contribution is 2.43. The molecule has 0 radical (unpaired) electrons. The molecule has 31 heavy (non-hydrogen) atoms. The molecule has 2 aromatic carbocycles. The van der Waals surface area contributed by atoms with Gasteiger partial charge in [0.05, 0.1) is 6.33 Å². The van der Waals surface area contributed by atoms with Crippen molar-refractivity contribution in [2.45, 2.75) is 51.9 Å². The smallest absolute Gasteiger partial charge is 0.194 e. The molecule has 0 spiro atoms. The van der Waals surface area contributed by atoms with Crippen LogP contribution in [0.5, 0.6) is 0 Å². The van der Waals surface area contributed by atoms with Crippen molar-refractivity contribution in [1.82, 2.24) is 0 Å². The zero-order valence-electron chi connectivity index (χ0n) is 17.6. The van der Waals surface area contributed by atoms with E-state index in [-0.39, 0.29) is 17.0 Å². The molecule has 0 heterocycles. The molecule has 1 saturated carbocycles. The standard InChI is InChI=1S/C26H27F5/c1-15(10-11-27)16-2-4-17(5-3-16)18-6-8-21-19(12-18)7-9-22(25(21)30)20-13-23(28)26(31)24(29)14-20/h7,9-11,13-18H,2-6,8,12H2,1H3/b11-10-. The zero-order valence-corrected chi connectivity index (χ0v) is 17.6. The molecular weight excluding hydrogens is 407 g/mol. The number of fused-ring (bicyclic) bond motifs is 1. The first kappa shape index (κ1) is 22.0. The van der Waals surface area contributed by atoms with Gasteiger partial charge in [-0.3, -0.25) is 0 Å². The van der Waals surface area contributed by atoms with Crippen LogP contribution in [0, 0.1) is 46.9 Å². The van der Waals surface area contributed by atoms with E-state index in [2.05, 4.69) is 6.92 Å². The first-order valence-electron chi connectivity index (χ1n) is 11.1. The number of hydrogen-bond acceptors (Lipinski definition) is 0. The van der Waals surface area contributed by atoms with Crippen LogP contribution in [0.1, 0.15) is 50.2 Å². The number of allylic oxidation sites excluding steroid dienone is 1. The summed E-state index contributed by atoms with van der Waals surface area (Å²) in [6, 6.07) is 5.07. The summed E-state index contributed by atoms with van der Waals surface area (Å²) in [5, 5.41) is 0. The number of benzene rings is 2. The van der Waals surface area contributed by atoms with Gasteiger partial charge in [0.25, 0.3) is 0 Å². The van der Waals surface area contributed by atoms with E-state index in [0.29, 0.717) is 36.1 Å². The van der Waals surface area contributed by atoms with E-state index in [1.807, 2.05) is 6.07 Å². The SMILES string of the molecule is CC(/C=C\F)C1CCC(C2CCc3c(ccc(-c4cc(F)c(F)c(F)c4)c3F)C2)CC1. The van der Waals surface area contributed by atoms with Crippen molar-refractivity contribution in [2.75, 3.05) is 0 Å². The van der Waals surface area contributed by atoms with E-state index >= 15 is 4.39 Å². The molecule has 4 rings (SSSR count). The number of halogens is 5. The van der Waals surface area contributed by atoms with Crippen LogP contribution in [0.15, 0.2) is 36.7 Å². The summed E-state index contributed by atoms with van der Waals surface area (Å²) in [5.41, 5.74) is 1.67. The van der Waals surface area contributed by atoms with Crippen LogP contribution in [-0.2, 0) is 12.8 Å². The molecule has 5 heteroatoms. The first-order chi connectivity index (χ1) is 14.9. The van der Waals surface area contributed by atoms with Gasteiger partial charge in [0.2, 0.25) is 0 Å². The Kier molecular flexibility index (Phi) is 6.49. The molecule has 0 amide bonds. The predicted molar refractivity (Wildman–Crippen MR) is 112 cm³/mol. The Bertz CT molecular complexity index is 949. The fourth-order valence-electron chi connectivity index (χ4n) is 5.59. The predicted octanol–water partition coefficient (Wildman–Crippen LogP) is 7.94. The van der Waals surface area contributed by atoms with Gasteiger partial charge in [-0.1, -0.05) is 25.1 Å². The van der Waals surface area contributed by atoms with E-state index in [1.165, 1.54) is 0 Å².